The normalized spacial score (nSPS) is 16.6. The van der Waals surface area contributed by atoms with Crippen molar-refractivity contribution in [2.45, 2.75) is 25.6 Å². The molecule has 1 saturated heterocycles. The molecule has 2 rings (SSSR count). The van der Waals surface area contributed by atoms with Crippen molar-refractivity contribution in [2.75, 3.05) is 6.54 Å². The maximum absolute atomic E-state index is 12.5. The van der Waals surface area contributed by atoms with Gasteiger partial charge in [-0.2, -0.15) is 13.2 Å². The lowest BCUT2D eigenvalue weighted by Crippen LogP contribution is -2.24. The molecule has 0 aliphatic carbocycles. The number of carbonyl (C=O) groups excluding carboxylic acids is 1. The SMILES string of the molecule is O=C1CCCN1Cc1cccc(C(F)(F)F)c1. The van der Waals surface area contributed by atoms with E-state index < -0.39 is 11.7 Å². The van der Waals surface area contributed by atoms with Gasteiger partial charge in [-0.15, -0.1) is 0 Å². The fraction of sp³-hybridized carbons (Fsp3) is 0.417. The highest BCUT2D eigenvalue weighted by Gasteiger charge is 2.30. The van der Waals surface area contributed by atoms with Crippen LogP contribution in [0, 0.1) is 0 Å². The Morgan fingerprint density at radius 3 is 2.65 bits per heavy atom. The molecule has 1 aliphatic heterocycles. The molecule has 5 heteroatoms. The Morgan fingerprint density at radius 2 is 2.06 bits per heavy atom. The van der Waals surface area contributed by atoms with Crippen LogP contribution in [-0.4, -0.2) is 17.4 Å². The molecule has 0 aromatic heterocycles. The average molecular weight is 243 g/mol. The van der Waals surface area contributed by atoms with Crippen LogP contribution in [0.15, 0.2) is 24.3 Å². The summed E-state index contributed by atoms with van der Waals surface area (Å²) in [5, 5.41) is 0. The molecule has 92 valence electrons. The van der Waals surface area contributed by atoms with E-state index in [0.29, 0.717) is 18.5 Å². The summed E-state index contributed by atoms with van der Waals surface area (Å²) in [4.78, 5) is 13.0. The molecule has 0 spiro atoms. The molecule has 1 aromatic carbocycles. The number of halogens is 3. The summed E-state index contributed by atoms with van der Waals surface area (Å²) in [6.45, 7) is 0.901. The minimum absolute atomic E-state index is 0.0161. The van der Waals surface area contributed by atoms with E-state index in [1.165, 1.54) is 6.07 Å². The summed E-state index contributed by atoms with van der Waals surface area (Å²) in [6, 6.07) is 5.13. The molecular weight excluding hydrogens is 231 g/mol. The van der Waals surface area contributed by atoms with Crippen LogP contribution in [0.4, 0.5) is 13.2 Å². The lowest BCUT2D eigenvalue weighted by atomic mass is 10.1. The van der Waals surface area contributed by atoms with E-state index in [0.717, 1.165) is 18.6 Å². The van der Waals surface area contributed by atoms with Gasteiger partial charge in [0, 0.05) is 19.5 Å². The average Bonchev–Trinajstić information content (AvgIpc) is 2.64. The molecule has 0 radical (unpaired) electrons. The van der Waals surface area contributed by atoms with Crippen LogP contribution in [0.25, 0.3) is 0 Å². The number of nitrogens with zero attached hydrogens (tertiary/aromatic N) is 1. The van der Waals surface area contributed by atoms with E-state index in [-0.39, 0.29) is 12.5 Å². The van der Waals surface area contributed by atoms with E-state index in [2.05, 4.69) is 0 Å². The maximum atomic E-state index is 12.5. The minimum Gasteiger partial charge on any atom is -0.338 e. The van der Waals surface area contributed by atoms with Gasteiger partial charge in [0.2, 0.25) is 5.91 Å². The molecule has 1 heterocycles. The van der Waals surface area contributed by atoms with E-state index >= 15 is 0 Å². The molecular formula is C12H12F3NO. The summed E-state index contributed by atoms with van der Waals surface area (Å²) in [6.07, 6.45) is -3.04. The van der Waals surface area contributed by atoms with Gasteiger partial charge in [0.05, 0.1) is 5.56 Å². The molecule has 0 unspecified atom stereocenters. The van der Waals surface area contributed by atoms with Crippen LogP contribution in [0.3, 0.4) is 0 Å². The molecule has 1 fully saturated rings. The monoisotopic (exact) mass is 243 g/mol. The highest BCUT2D eigenvalue weighted by atomic mass is 19.4. The first-order chi connectivity index (χ1) is 7.97. The Morgan fingerprint density at radius 1 is 1.29 bits per heavy atom. The molecule has 1 amide bonds. The van der Waals surface area contributed by atoms with E-state index in [4.69, 9.17) is 0 Å². The number of benzene rings is 1. The first kappa shape index (κ1) is 12.0. The number of hydrogen-bond acceptors (Lipinski definition) is 1. The molecule has 0 saturated carbocycles. The van der Waals surface area contributed by atoms with Crippen molar-refractivity contribution in [1.29, 1.82) is 0 Å². The Balaban J connectivity index is 2.14. The third-order valence-corrected chi connectivity index (χ3v) is 2.80. The Bertz CT molecular complexity index is 428. The van der Waals surface area contributed by atoms with Crippen LogP contribution in [0.1, 0.15) is 24.0 Å². The zero-order valence-electron chi connectivity index (χ0n) is 9.13. The third-order valence-electron chi connectivity index (χ3n) is 2.80. The van der Waals surface area contributed by atoms with E-state index in [1.54, 1.807) is 11.0 Å². The lowest BCUT2D eigenvalue weighted by Gasteiger charge is -2.16. The van der Waals surface area contributed by atoms with Gasteiger partial charge in [0.25, 0.3) is 0 Å². The van der Waals surface area contributed by atoms with Crippen molar-refractivity contribution >= 4 is 5.91 Å². The molecule has 17 heavy (non-hydrogen) atoms. The standard InChI is InChI=1S/C12H12F3NO/c13-12(14,15)10-4-1-3-9(7-10)8-16-6-2-5-11(16)17/h1,3-4,7H,2,5-6,8H2. The van der Waals surface area contributed by atoms with Crippen LogP contribution >= 0.6 is 0 Å². The largest absolute Gasteiger partial charge is 0.416 e. The van der Waals surface area contributed by atoms with E-state index in [1.807, 2.05) is 0 Å². The summed E-state index contributed by atoms with van der Waals surface area (Å²) < 4.78 is 37.4. The summed E-state index contributed by atoms with van der Waals surface area (Å²) in [5.74, 6) is 0.0161. The molecule has 1 aliphatic rings. The van der Waals surface area contributed by atoms with Crippen LogP contribution in [0.5, 0.6) is 0 Å². The van der Waals surface area contributed by atoms with Crippen LogP contribution in [0.2, 0.25) is 0 Å². The van der Waals surface area contributed by atoms with Gasteiger partial charge in [-0.1, -0.05) is 12.1 Å². The zero-order valence-corrected chi connectivity index (χ0v) is 9.13. The molecule has 0 bridgehead atoms. The zero-order chi connectivity index (χ0) is 12.5. The predicted molar refractivity (Wildman–Crippen MR) is 56.1 cm³/mol. The fourth-order valence-corrected chi connectivity index (χ4v) is 1.94. The molecule has 0 atom stereocenters. The topological polar surface area (TPSA) is 20.3 Å². The van der Waals surface area contributed by atoms with E-state index in [9.17, 15) is 18.0 Å². The van der Waals surface area contributed by atoms with Crippen molar-refractivity contribution in [3.8, 4) is 0 Å². The van der Waals surface area contributed by atoms with Crippen LogP contribution < -0.4 is 0 Å². The molecule has 2 nitrogen and oxygen atoms in total. The predicted octanol–water partition coefficient (Wildman–Crippen LogP) is 2.83. The summed E-state index contributed by atoms with van der Waals surface area (Å²) >= 11 is 0. The van der Waals surface area contributed by atoms with Gasteiger partial charge in [0.1, 0.15) is 0 Å². The second-order valence-corrected chi connectivity index (χ2v) is 4.12. The highest BCUT2D eigenvalue weighted by molar-refractivity contribution is 5.78. The maximum Gasteiger partial charge on any atom is 0.416 e. The second kappa shape index (κ2) is 4.39. The number of amides is 1. The molecule has 0 N–H and O–H groups in total. The number of carbonyl (C=O) groups is 1. The Hall–Kier alpha value is -1.52. The highest BCUT2D eigenvalue weighted by Crippen LogP contribution is 2.30. The fourth-order valence-electron chi connectivity index (χ4n) is 1.94. The second-order valence-electron chi connectivity index (χ2n) is 4.12. The number of likely N-dealkylation sites (tertiary alicyclic amines) is 1. The van der Waals surface area contributed by atoms with Gasteiger partial charge >= 0.3 is 6.18 Å². The summed E-state index contributed by atoms with van der Waals surface area (Å²) in [5.41, 5.74) is -0.142. The minimum atomic E-state index is -4.33. The number of hydrogen-bond donors (Lipinski definition) is 0. The smallest absolute Gasteiger partial charge is 0.338 e. The lowest BCUT2D eigenvalue weighted by molar-refractivity contribution is -0.137. The number of alkyl halides is 3. The van der Waals surface area contributed by atoms with Gasteiger partial charge < -0.3 is 4.90 Å². The van der Waals surface area contributed by atoms with Crippen molar-refractivity contribution in [3.05, 3.63) is 35.4 Å². The molecule has 1 aromatic rings. The third kappa shape index (κ3) is 2.78. The van der Waals surface area contributed by atoms with Crippen molar-refractivity contribution in [2.24, 2.45) is 0 Å². The van der Waals surface area contributed by atoms with Crippen molar-refractivity contribution in [3.63, 3.8) is 0 Å². The quantitative estimate of drug-likeness (QED) is 0.782. The van der Waals surface area contributed by atoms with Gasteiger partial charge in [-0.25, -0.2) is 0 Å². The number of rotatable bonds is 2. The first-order valence-corrected chi connectivity index (χ1v) is 5.41. The van der Waals surface area contributed by atoms with Gasteiger partial charge in [-0.05, 0) is 24.1 Å². The Kier molecular flexibility index (Phi) is 3.09. The van der Waals surface area contributed by atoms with Crippen molar-refractivity contribution < 1.29 is 18.0 Å². The summed E-state index contributed by atoms with van der Waals surface area (Å²) in [7, 11) is 0. The first-order valence-electron chi connectivity index (χ1n) is 5.41. The van der Waals surface area contributed by atoms with Crippen LogP contribution in [-0.2, 0) is 17.5 Å². The van der Waals surface area contributed by atoms with Gasteiger partial charge in [-0.3, -0.25) is 4.79 Å². The Labute approximate surface area is 97.0 Å². The van der Waals surface area contributed by atoms with Gasteiger partial charge in [0.15, 0.2) is 0 Å². The van der Waals surface area contributed by atoms with Crippen molar-refractivity contribution in [1.82, 2.24) is 4.90 Å².